The summed E-state index contributed by atoms with van der Waals surface area (Å²) in [6.07, 6.45) is 2.61. The Balaban J connectivity index is 2.67. The van der Waals surface area contributed by atoms with E-state index in [-0.39, 0.29) is 6.04 Å². The molecule has 1 aromatic rings. The number of halogens is 2. The molecule has 1 atom stereocenters. The maximum Gasteiger partial charge on any atom is 0.145 e. The second-order valence-corrected chi connectivity index (χ2v) is 4.43. The van der Waals surface area contributed by atoms with Gasteiger partial charge in [0.05, 0.1) is 5.02 Å². The highest BCUT2D eigenvalue weighted by atomic mass is 79.9. The monoisotopic (exact) mass is 277 g/mol. The summed E-state index contributed by atoms with van der Waals surface area (Å²) in [7, 11) is 0. The summed E-state index contributed by atoms with van der Waals surface area (Å²) in [5, 5.41) is 3.81. The molecule has 0 aliphatic carbocycles. The molecule has 1 unspecified atom stereocenters. The molecule has 1 rings (SSSR count). The molecular formula is C9H13BrClN3. The summed E-state index contributed by atoms with van der Waals surface area (Å²) in [6.45, 7) is 2.70. The van der Waals surface area contributed by atoms with Gasteiger partial charge in [-0.1, -0.05) is 11.6 Å². The SMILES string of the molecule is CC(CCN)Nc1ncc(Br)cc1Cl. The van der Waals surface area contributed by atoms with Crippen LogP contribution in [-0.4, -0.2) is 17.6 Å². The van der Waals surface area contributed by atoms with Crippen molar-refractivity contribution in [1.29, 1.82) is 0 Å². The van der Waals surface area contributed by atoms with Gasteiger partial charge in [-0.25, -0.2) is 4.98 Å². The molecule has 3 nitrogen and oxygen atoms in total. The van der Waals surface area contributed by atoms with Gasteiger partial charge in [-0.05, 0) is 41.9 Å². The Morgan fingerprint density at radius 1 is 1.71 bits per heavy atom. The molecule has 1 heterocycles. The van der Waals surface area contributed by atoms with Crippen LogP contribution in [0, 0.1) is 0 Å². The molecule has 0 amide bonds. The van der Waals surface area contributed by atoms with Crippen molar-refractivity contribution < 1.29 is 0 Å². The zero-order valence-corrected chi connectivity index (χ0v) is 10.3. The molecule has 0 aliphatic rings. The fourth-order valence-corrected chi connectivity index (χ4v) is 1.76. The average molecular weight is 279 g/mol. The van der Waals surface area contributed by atoms with Crippen molar-refractivity contribution in [2.45, 2.75) is 19.4 Å². The highest BCUT2D eigenvalue weighted by Crippen LogP contribution is 2.23. The minimum atomic E-state index is 0.283. The van der Waals surface area contributed by atoms with Gasteiger partial charge in [-0.2, -0.15) is 0 Å². The van der Waals surface area contributed by atoms with Gasteiger partial charge in [-0.3, -0.25) is 0 Å². The summed E-state index contributed by atoms with van der Waals surface area (Å²) >= 11 is 9.29. The van der Waals surface area contributed by atoms with Gasteiger partial charge >= 0.3 is 0 Å². The fourth-order valence-electron chi connectivity index (χ4n) is 1.08. The van der Waals surface area contributed by atoms with E-state index in [0.717, 1.165) is 10.9 Å². The predicted octanol–water partition coefficient (Wildman–Crippen LogP) is 2.65. The molecular weight excluding hydrogens is 265 g/mol. The molecule has 0 aromatic carbocycles. The van der Waals surface area contributed by atoms with E-state index in [1.165, 1.54) is 0 Å². The van der Waals surface area contributed by atoms with Crippen LogP contribution >= 0.6 is 27.5 Å². The van der Waals surface area contributed by atoms with Crippen molar-refractivity contribution in [2.75, 3.05) is 11.9 Å². The minimum absolute atomic E-state index is 0.283. The lowest BCUT2D eigenvalue weighted by molar-refractivity contribution is 0.713. The average Bonchev–Trinajstić information content (AvgIpc) is 2.10. The summed E-state index contributed by atoms with van der Waals surface area (Å²) < 4.78 is 0.875. The van der Waals surface area contributed by atoms with E-state index in [1.54, 1.807) is 6.20 Å². The van der Waals surface area contributed by atoms with Crippen molar-refractivity contribution in [3.8, 4) is 0 Å². The number of nitrogens with two attached hydrogens (primary N) is 1. The Bertz CT molecular complexity index is 306. The molecule has 3 N–H and O–H groups in total. The lowest BCUT2D eigenvalue weighted by Crippen LogP contribution is -2.20. The van der Waals surface area contributed by atoms with Crippen molar-refractivity contribution in [1.82, 2.24) is 4.98 Å². The van der Waals surface area contributed by atoms with Crippen LogP contribution in [-0.2, 0) is 0 Å². The first-order valence-corrected chi connectivity index (χ1v) is 5.58. The molecule has 0 bridgehead atoms. The smallest absolute Gasteiger partial charge is 0.145 e. The number of pyridine rings is 1. The maximum atomic E-state index is 5.99. The maximum absolute atomic E-state index is 5.99. The van der Waals surface area contributed by atoms with E-state index in [9.17, 15) is 0 Å². The van der Waals surface area contributed by atoms with E-state index in [4.69, 9.17) is 17.3 Å². The molecule has 0 radical (unpaired) electrons. The number of hydrogen-bond acceptors (Lipinski definition) is 3. The Morgan fingerprint density at radius 2 is 2.43 bits per heavy atom. The van der Waals surface area contributed by atoms with Gasteiger partial charge in [0.1, 0.15) is 5.82 Å². The van der Waals surface area contributed by atoms with Crippen LogP contribution in [0.2, 0.25) is 5.02 Å². The van der Waals surface area contributed by atoms with E-state index < -0.39 is 0 Å². The molecule has 78 valence electrons. The molecule has 0 saturated carbocycles. The van der Waals surface area contributed by atoms with Crippen LogP contribution in [0.1, 0.15) is 13.3 Å². The van der Waals surface area contributed by atoms with Crippen molar-refractivity contribution >= 4 is 33.3 Å². The van der Waals surface area contributed by atoms with Gasteiger partial charge in [0, 0.05) is 16.7 Å². The first-order chi connectivity index (χ1) is 6.63. The molecule has 1 aromatic heterocycles. The normalized spacial score (nSPS) is 12.6. The van der Waals surface area contributed by atoms with Gasteiger partial charge in [0.2, 0.25) is 0 Å². The van der Waals surface area contributed by atoms with E-state index >= 15 is 0 Å². The third-order valence-corrected chi connectivity index (χ3v) is 2.51. The largest absolute Gasteiger partial charge is 0.366 e. The summed E-state index contributed by atoms with van der Waals surface area (Å²) in [5.74, 6) is 0.704. The third-order valence-electron chi connectivity index (χ3n) is 1.79. The van der Waals surface area contributed by atoms with Crippen LogP contribution in [0.3, 0.4) is 0 Å². The number of anilines is 1. The second-order valence-electron chi connectivity index (χ2n) is 3.11. The van der Waals surface area contributed by atoms with Gasteiger partial charge in [-0.15, -0.1) is 0 Å². The second kappa shape index (κ2) is 5.53. The summed E-state index contributed by atoms with van der Waals surface area (Å²) in [4.78, 5) is 4.17. The topological polar surface area (TPSA) is 50.9 Å². The van der Waals surface area contributed by atoms with Crippen molar-refractivity contribution in [3.05, 3.63) is 21.8 Å². The Hall–Kier alpha value is -0.320. The van der Waals surface area contributed by atoms with Gasteiger partial charge in [0.25, 0.3) is 0 Å². The molecule has 0 aliphatic heterocycles. The van der Waals surface area contributed by atoms with E-state index in [2.05, 4.69) is 26.2 Å². The Morgan fingerprint density at radius 3 is 3.00 bits per heavy atom. The number of rotatable bonds is 4. The zero-order valence-electron chi connectivity index (χ0n) is 7.93. The van der Waals surface area contributed by atoms with Crippen LogP contribution in [0.4, 0.5) is 5.82 Å². The predicted molar refractivity (Wildman–Crippen MR) is 63.7 cm³/mol. The van der Waals surface area contributed by atoms with Crippen LogP contribution in [0.25, 0.3) is 0 Å². The first kappa shape index (κ1) is 11.8. The van der Waals surface area contributed by atoms with E-state index in [1.807, 2.05) is 13.0 Å². The standard InChI is InChI=1S/C9H13BrClN3/c1-6(2-3-12)14-9-8(11)4-7(10)5-13-9/h4-6H,2-3,12H2,1H3,(H,13,14). The van der Waals surface area contributed by atoms with Gasteiger partial charge in [0.15, 0.2) is 0 Å². The van der Waals surface area contributed by atoms with Crippen molar-refractivity contribution in [2.24, 2.45) is 5.73 Å². The molecule has 0 saturated heterocycles. The highest BCUT2D eigenvalue weighted by molar-refractivity contribution is 9.10. The quantitative estimate of drug-likeness (QED) is 0.890. The lowest BCUT2D eigenvalue weighted by Gasteiger charge is -2.14. The molecule has 0 fully saturated rings. The first-order valence-electron chi connectivity index (χ1n) is 4.41. The Labute approximate surface area is 97.2 Å². The van der Waals surface area contributed by atoms with Crippen LogP contribution < -0.4 is 11.1 Å². The summed E-state index contributed by atoms with van der Waals surface area (Å²) in [6, 6.07) is 2.10. The van der Waals surface area contributed by atoms with Gasteiger partial charge < -0.3 is 11.1 Å². The lowest BCUT2D eigenvalue weighted by atomic mass is 10.2. The highest BCUT2D eigenvalue weighted by Gasteiger charge is 2.05. The molecule has 5 heteroatoms. The summed E-state index contributed by atoms with van der Waals surface area (Å²) in [5.41, 5.74) is 5.44. The minimum Gasteiger partial charge on any atom is -0.366 e. The van der Waals surface area contributed by atoms with Crippen molar-refractivity contribution in [3.63, 3.8) is 0 Å². The number of aromatic nitrogens is 1. The third kappa shape index (κ3) is 3.44. The molecule has 14 heavy (non-hydrogen) atoms. The molecule has 0 spiro atoms. The van der Waals surface area contributed by atoms with E-state index in [0.29, 0.717) is 17.4 Å². The number of nitrogens with zero attached hydrogens (tertiary/aromatic N) is 1. The fraction of sp³-hybridized carbons (Fsp3) is 0.444. The van der Waals surface area contributed by atoms with Crippen LogP contribution in [0.15, 0.2) is 16.7 Å². The Kier molecular flexibility index (Phi) is 4.65. The number of hydrogen-bond donors (Lipinski definition) is 2. The van der Waals surface area contributed by atoms with Crippen LogP contribution in [0.5, 0.6) is 0 Å². The zero-order chi connectivity index (χ0) is 10.6. The number of nitrogens with one attached hydrogen (secondary N) is 1.